The van der Waals surface area contributed by atoms with Crippen molar-refractivity contribution in [3.8, 4) is 0 Å². The molecule has 25 heavy (non-hydrogen) atoms. The number of aromatic nitrogens is 3. The number of fused-ring (bicyclic) bond motifs is 2. The quantitative estimate of drug-likeness (QED) is 0.538. The van der Waals surface area contributed by atoms with Crippen LogP contribution in [0.2, 0.25) is 5.15 Å². The molecule has 2 fully saturated rings. The molecule has 1 saturated heterocycles. The lowest BCUT2D eigenvalue weighted by atomic mass is 10.1. The Kier molecular flexibility index (Phi) is 4.06. The van der Waals surface area contributed by atoms with Crippen molar-refractivity contribution in [1.29, 1.82) is 0 Å². The molecule has 0 unspecified atom stereocenters. The van der Waals surface area contributed by atoms with Gasteiger partial charge in [0.2, 0.25) is 0 Å². The highest BCUT2D eigenvalue weighted by atomic mass is 79.9. The first-order valence-corrected chi connectivity index (χ1v) is 9.09. The first-order valence-electron chi connectivity index (χ1n) is 7.92. The molecule has 0 N–H and O–H groups in total. The van der Waals surface area contributed by atoms with E-state index in [1.165, 1.54) is 13.4 Å². The van der Waals surface area contributed by atoms with E-state index in [1.54, 1.807) is 0 Å². The molecule has 0 bridgehead atoms. The molecule has 0 aromatic carbocycles. The topological polar surface area (TPSA) is 75.5 Å². The summed E-state index contributed by atoms with van der Waals surface area (Å²) in [6.45, 7) is 3.69. The van der Waals surface area contributed by atoms with E-state index in [2.05, 4.69) is 25.9 Å². The predicted octanol–water partition coefficient (Wildman–Crippen LogP) is 3.10. The third-order valence-corrected chi connectivity index (χ3v) is 5.70. The third kappa shape index (κ3) is 2.66. The van der Waals surface area contributed by atoms with Crippen molar-refractivity contribution in [2.45, 2.75) is 44.3 Å². The Labute approximate surface area is 157 Å². The van der Waals surface area contributed by atoms with Gasteiger partial charge in [-0.3, -0.25) is 4.79 Å². The monoisotopic (exact) mass is 429 g/mol. The van der Waals surface area contributed by atoms with E-state index in [0.717, 1.165) is 9.86 Å². The van der Waals surface area contributed by atoms with Crippen molar-refractivity contribution >= 4 is 44.5 Å². The summed E-state index contributed by atoms with van der Waals surface area (Å²) in [5.41, 5.74) is 0.689. The Morgan fingerprint density at radius 3 is 2.84 bits per heavy atom. The third-order valence-electron chi connectivity index (χ3n) is 4.81. The summed E-state index contributed by atoms with van der Waals surface area (Å²) in [6, 6.07) is -0.129. The summed E-state index contributed by atoms with van der Waals surface area (Å²) in [4.78, 5) is 20.7. The van der Waals surface area contributed by atoms with E-state index in [-0.39, 0.29) is 24.2 Å². The van der Waals surface area contributed by atoms with Gasteiger partial charge in [0.1, 0.15) is 29.3 Å². The van der Waals surface area contributed by atoms with Crippen molar-refractivity contribution in [1.82, 2.24) is 14.5 Å². The Bertz CT molecular complexity index is 855. The van der Waals surface area contributed by atoms with E-state index in [4.69, 9.17) is 25.8 Å². The van der Waals surface area contributed by atoms with Crippen LogP contribution in [0, 0.1) is 5.92 Å². The lowest BCUT2D eigenvalue weighted by Gasteiger charge is -2.24. The Balaban J connectivity index is 1.80. The summed E-state index contributed by atoms with van der Waals surface area (Å²) in [5.74, 6) is -1.44. The number of hydrogen-bond acceptors (Lipinski definition) is 6. The summed E-state index contributed by atoms with van der Waals surface area (Å²) in [7, 11) is 1.39. The molecule has 4 rings (SSSR count). The van der Waals surface area contributed by atoms with Gasteiger partial charge in [0.25, 0.3) is 0 Å². The molecule has 3 heterocycles. The van der Waals surface area contributed by atoms with Crippen LogP contribution in [0.15, 0.2) is 17.0 Å². The second-order valence-corrected chi connectivity index (χ2v) is 7.96. The van der Waals surface area contributed by atoms with Crippen LogP contribution in [0.3, 0.4) is 0 Å². The van der Waals surface area contributed by atoms with Crippen molar-refractivity contribution in [2.75, 3.05) is 7.11 Å². The lowest BCUT2D eigenvalue weighted by molar-refractivity contribution is -0.169. The van der Waals surface area contributed by atoms with Crippen molar-refractivity contribution in [2.24, 2.45) is 5.92 Å². The van der Waals surface area contributed by atoms with Crippen LogP contribution >= 0.6 is 27.5 Å². The molecule has 1 aliphatic carbocycles. The zero-order chi connectivity index (χ0) is 17.9. The highest BCUT2D eigenvalue weighted by Crippen LogP contribution is 2.48. The molecule has 0 amide bonds. The maximum Gasteiger partial charge on any atom is 0.311 e. The number of ether oxygens (including phenoxy) is 3. The van der Waals surface area contributed by atoms with Gasteiger partial charge in [-0.05, 0) is 36.2 Å². The first-order chi connectivity index (χ1) is 11.8. The molecule has 9 heteroatoms. The van der Waals surface area contributed by atoms with Crippen molar-refractivity contribution in [3.63, 3.8) is 0 Å². The van der Waals surface area contributed by atoms with E-state index < -0.39 is 11.7 Å². The Hall–Kier alpha value is -1.22. The number of carbonyl (C=O) groups is 1. The molecule has 0 spiro atoms. The SMILES string of the molecule is COC(=O)[C@H]1C[C@@H](n2cc(Br)c3c(Cl)ncnc32)[C@@H]2OC(C)(C)O[C@@H]21. The highest BCUT2D eigenvalue weighted by Gasteiger charge is 2.57. The molecular formula is C16H17BrClN3O4. The number of carbonyl (C=O) groups excluding carboxylic acids is 1. The highest BCUT2D eigenvalue weighted by molar-refractivity contribution is 9.10. The minimum atomic E-state index is -0.757. The summed E-state index contributed by atoms with van der Waals surface area (Å²) >= 11 is 9.74. The second-order valence-electron chi connectivity index (χ2n) is 6.74. The number of rotatable bonds is 2. The standard InChI is InChI=1S/C16H17BrClN3O4/c1-16(2)24-11-7(15(22)23-3)4-9(12(11)25-16)21-5-8(17)10-13(18)19-6-20-14(10)21/h5-7,9,11-12H,4H2,1-3H3/t7-,9+,11+,12-/m0/s1. The number of nitrogens with zero attached hydrogens (tertiary/aromatic N) is 3. The number of esters is 1. The van der Waals surface area contributed by atoms with Gasteiger partial charge in [0, 0.05) is 10.7 Å². The summed E-state index contributed by atoms with van der Waals surface area (Å²) in [6.07, 6.45) is 3.22. The number of methoxy groups -OCH3 is 1. The second kappa shape index (κ2) is 5.90. The predicted molar refractivity (Wildman–Crippen MR) is 93.2 cm³/mol. The Morgan fingerprint density at radius 2 is 2.12 bits per heavy atom. The van der Waals surface area contributed by atoms with E-state index in [0.29, 0.717) is 17.2 Å². The average molecular weight is 431 g/mol. The summed E-state index contributed by atoms with van der Waals surface area (Å²) < 4.78 is 19.9. The molecule has 1 aliphatic heterocycles. The Morgan fingerprint density at radius 1 is 1.40 bits per heavy atom. The van der Waals surface area contributed by atoms with Gasteiger partial charge in [0.05, 0.1) is 24.5 Å². The van der Waals surface area contributed by atoms with Gasteiger partial charge in [-0.15, -0.1) is 0 Å². The summed E-state index contributed by atoms with van der Waals surface area (Å²) in [5, 5.41) is 1.11. The molecule has 7 nitrogen and oxygen atoms in total. The van der Waals surface area contributed by atoms with Crippen LogP contribution in [0.1, 0.15) is 26.3 Å². The van der Waals surface area contributed by atoms with Gasteiger partial charge in [-0.1, -0.05) is 11.6 Å². The van der Waals surface area contributed by atoms with Crippen LogP contribution in [0.25, 0.3) is 11.0 Å². The number of hydrogen-bond donors (Lipinski definition) is 0. The lowest BCUT2D eigenvalue weighted by Crippen LogP contribution is -2.30. The molecule has 4 atom stereocenters. The molecule has 2 aliphatic rings. The van der Waals surface area contributed by atoms with E-state index >= 15 is 0 Å². The van der Waals surface area contributed by atoms with Crippen LogP contribution in [0.4, 0.5) is 0 Å². The molecular weight excluding hydrogens is 414 g/mol. The fraction of sp³-hybridized carbons (Fsp3) is 0.562. The maximum atomic E-state index is 12.2. The number of halogens is 2. The van der Waals surface area contributed by atoms with Gasteiger partial charge in [0.15, 0.2) is 5.79 Å². The van der Waals surface area contributed by atoms with Crippen LogP contribution in [-0.4, -0.2) is 45.6 Å². The minimum absolute atomic E-state index is 0.129. The van der Waals surface area contributed by atoms with Gasteiger partial charge in [-0.2, -0.15) is 0 Å². The largest absolute Gasteiger partial charge is 0.469 e. The molecule has 2 aromatic rings. The van der Waals surface area contributed by atoms with Crippen LogP contribution < -0.4 is 0 Å². The smallest absolute Gasteiger partial charge is 0.311 e. The molecule has 1 saturated carbocycles. The van der Waals surface area contributed by atoms with Gasteiger partial charge >= 0.3 is 5.97 Å². The van der Waals surface area contributed by atoms with E-state index in [9.17, 15) is 4.79 Å². The molecule has 134 valence electrons. The van der Waals surface area contributed by atoms with Gasteiger partial charge in [-0.25, -0.2) is 9.97 Å². The van der Waals surface area contributed by atoms with Gasteiger partial charge < -0.3 is 18.8 Å². The molecule has 2 aromatic heterocycles. The average Bonchev–Trinajstić information content (AvgIpc) is 3.16. The minimum Gasteiger partial charge on any atom is -0.469 e. The first kappa shape index (κ1) is 17.2. The maximum absolute atomic E-state index is 12.2. The molecule has 0 radical (unpaired) electrons. The van der Waals surface area contributed by atoms with Crippen LogP contribution in [-0.2, 0) is 19.0 Å². The fourth-order valence-electron chi connectivity index (χ4n) is 3.87. The zero-order valence-corrected chi connectivity index (χ0v) is 16.2. The van der Waals surface area contributed by atoms with E-state index in [1.807, 2.05) is 24.6 Å². The van der Waals surface area contributed by atoms with Crippen molar-refractivity contribution in [3.05, 3.63) is 22.1 Å². The fourth-order valence-corrected chi connectivity index (χ4v) is 4.80. The zero-order valence-electron chi connectivity index (χ0n) is 13.9. The normalized spacial score (nSPS) is 30.6. The van der Waals surface area contributed by atoms with Crippen LogP contribution in [0.5, 0.6) is 0 Å². The van der Waals surface area contributed by atoms with Crippen molar-refractivity contribution < 1.29 is 19.0 Å².